The predicted octanol–water partition coefficient (Wildman–Crippen LogP) is 3.64. The molecule has 224 valence electrons. The van der Waals surface area contributed by atoms with Gasteiger partial charge in [0.2, 0.25) is 0 Å². The Bertz CT molecular complexity index is 752. The van der Waals surface area contributed by atoms with Gasteiger partial charge in [-0.2, -0.15) is 8.42 Å². The van der Waals surface area contributed by atoms with Crippen LogP contribution in [0.3, 0.4) is 0 Å². The first-order chi connectivity index (χ1) is 18.3. The molecule has 2 rings (SSSR count). The Morgan fingerprint density at radius 3 is 1.76 bits per heavy atom. The highest BCUT2D eigenvalue weighted by Crippen LogP contribution is 2.21. The summed E-state index contributed by atoms with van der Waals surface area (Å²) in [7, 11) is -3.80. The van der Waals surface area contributed by atoms with Crippen molar-refractivity contribution in [3.05, 3.63) is 29.3 Å². The van der Waals surface area contributed by atoms with Crippen molar-refractivity contribution < 1.29 is 42.2 Å². The average Bonchev–Trinajstić information content (AvgIpc) is 2.89. The van der Waals surface area contributed by atoms with Crippen molar-refractivity contribution in [3.8, 4) is 5.75 Å². The van der Waals surface area contributed by atoms with Gasteiger partial charge in [-0.1, -0.05) is 81.2 Å². The third-order valence-electron chi connectivity index (χ3n) is 5.99. The molecule has 1 aromatic carbocycles. The second kappa shape index (κ2) is 24.7. The van der Waals surface area contributed by atoms with E-state index < -0.39 is 10.4 Å². The van der Waals surface area contributed by atoms with E-state index in [0.717, 1.165) is 12.0 Å². The number of aromatic hydroxyl groups is 1. The molecule has 0 saturated carbocycles. The summed E-state index contributed by atoms with van der Waals surface area (Å²) in [5.41, 5.74) is 2.37. The Labute approximate surface area is 229 Å². The van der Waals surface area contributed by atoms with Gasteiger partial charge in [-0.15, -0.1) is 0 Å². The van der Waals surface area contributed by atoms with Gasteiger partial charge in [0.15, 0.2) is 0 Å². The molecular weight excluding hydrogens is 514 g/mol. The van der Waals surface area contributed by atoms with Crippen molar-refractivity contribution in [2.24, 2.45) is 0 Å². The summed E-state index contributed by atoms with van der Waals surface area (Å²) in [6.07, 6.45) is 14.9. The number of nitrogens with zero attached hydrogens (tertiary/aromatic N) is 1. The maximum absolute atomic E-state index is 10.1. The highest BCUT2D eigenvalue weighted by Gasteiger charge is 2.17. The SMILES string of the molecule is CCCCCCCCCCCCc1cccc(O)c1C.O=S1(=O)OCCOO1.OCCN(CCO)CCO. The number of rotatable bonds is 17. The van der Waals surface area contributed by atoms with Crippen LogP contribution in [0.1, 0.15) is 82.3 Å². The van der Waals surface area contributed by atoms with Gasteiger partial charge in [0.05, 0.1) is 26.4 Å². The number of hydrogen-bond donors (Lipinski definition) is 4. The van der Waals surface area contributed by atoms with Gasteiger partial charge < -0.3 is 20.4 Å². The highest BCUT2D eigenvalue weighted by atomic mass is 32.3. The van der Waals surface area contributed by atoms with E-state index in [0.29, 0.717) is 25.4 Å². The zero-order valence-electron chi connectivity index (χ0n) is 23.4. The first kappa shape index (κ1) is 36.7. The lowest BCUT2D eigenvalue weighted by molar-refractivity contribution is -0.233. The first-order valence-electron chi connectivity index (χ1n) is 13.8. The van der Waals surface area contributed by atoms with Crippen LogP contribution in [-0.2, 0) is 30.2 Å². The number of phenols is 1. The molecule has 10 nitrogen and oxygen atoms in total. The van der Waals surface area contributed by atoms with Crippen LogP contribution in [0.4, 0.5) is 0 Å². The molecule has 0 amide bonds. The molecular formula is C27H51NO9S. The minimum Gasteiger partial charge on any atom is -0.508 e. The molecule has 1 aliphatic rings. The molecule has 1 saturated heterocycles. The zero-order chi connectivity index (χ0) is 28.5. The largest absolute Gasteiger partial charge is 0.508 e. The van der Waals surface area contributed by atoms with E-state index in [-0.39, 0.29) is 33.0 Å². The number of unbranched alkanes of at least 4 members (excludes halogenated alkanes) is 9. The van der Waals surface area contributed by atoms with Gasteiger partial charge >= 0.3 is 10.4 Å². The predicted molar refractivity (Wildman–Crippen MR) is 148 cm³/mol. The van der Waals surface area contributed by atoms with Crippen LogP contribution < -0.4 is 0 Å². The molecule has 0 unspecified atom stereocenters. The summed E-state index contributed by atoms with van der Waals surface area (Å²) in [4.78, 5) is 5.86. The molecule has 1 aliphatic heterocycles. The second-order valence-electron chi connectivity index (χ2n) is 9.13. The molecule has 1 heterocycles. The number of aliphatic hydroxyl groups is 3. The van der Waals surface area contributed by atoms with E-state index in [1.807, 2.05) is 13.0 Å². The third kappa shape index (κ3) is 20.6. The normalized spacial score (nSPS) is 14.4. The smallest absolute Gasteiger partial charge is 0.426 e. The van der Waals surface area contributed by atoms with E-state index >= 15 is 0 Å². The van der Waals surface area contributed by atoms with Crippen molar-refractivity contribution in [3.63, 3.8) is 0 Å². The Morgan fingerprint density at radius 1 is 0.816 bits per heavy atom. The van der Waals surface area contributed by atoms with Crippen molar-refractivity contribution in [2.45, 2.75) is 84.5 Å². The van der Waals surface area contributed by atoms with Gasteiger partial charge in [0, 0.05) is 19.6 Å². The quantitative estimate of drug-likeness (QED) is 0.163. The maximum atomic E-state index is 10.1. The highest BCUT2D eigenvalue weighted by molar-refractivity contribution is 7.81. The molecule has 1 fully saturated rings. The minimum atomic E-state index is -3.80. The number of aliphatic hydroxyl groups excluding tert-OH is 3. The number of benzene rings is 1. The summed E-state index contributed by atoms with van der Waals surface area (Å²) in [5, 5.41) is 35.1. The van der Waals surface area contributed by atoms with E-state index in [1.165, 1.54) is 69.8 Å². The number of aryl methyl sites for hydroxylation is 1. The van der Waals surface area contributed by atoms with Crippen molar-refractivity contribution in [1.29, 1.82) is 0 Å². The van der Waals surface area contributed by atoms with Crippen molar-refractivity contribution >= 4 is 10.4 Å². The molecule has 11 heteroatoms. The van der Waals surface area contributed by atoms with Gasteiger partial charge in [-0.3, -0.25) is 4.90 Å². The van der Waals surface area contributed by atoms with Crippen LogP contribution in [0.15, 0.2) is 18.2 Å². The van der Waals surface area contributed by atoms with Crippen LogP contribution in [-0.4, -0.2) is 86.4 Å². The Balaban J connectivity index is 0.000000629. The lowest BCUT2D eigenvalue weighted by atomic mass is 10.0. The fraction of sp³-hybridized carbons (Fsp3) is 0.778. The molecule has 0 aromatic heterocycles. The first-order valence-corrected chi connectivity index (χ1v) is 15.2. The summed E-state index contributed by atoms with van der Waals surface area (Å²) >= 11 is 0. The fourth-order valence-corrected chi connectivity index (χ4v) is 4.28. The van der Waals surface area contributed by atoms with Crippen LogP contribution in [0.25, 0.3) is 0 Å². The average molecular weight is 566 g/mol. The number of hydrogen-bond acceptors (Lipinski definition) is 10. The summed E-state index contributed by atoms with van der Waals surface area (Å²) in [6.45, 7) is 6.22. The zero-order valence-corrected chi connectivity index (χ0v) is 24.2. The van der Waals surface area contributed by atoms with Gasteiger partial charge in [0.25, 0.3) is 0 Å². The van der Waals surface area contributed by atoms with Crippen molar-refractivity contribution in [1.82, 2.24) is 4.90 Å². The van der Waals surface area contributed by atoms with Crippen LogP contribution >= 0.6 is 0 Å². The van der Waals surface area contributed by atoms with Crippen LogP contribution in [0, 0.1) is 6.92 Å². The van der Waals surface area contributed by atoms with Gasteiger partial charge in [-0.25, -0.2) is 9.07 Å². The standard InChI is InChI=1S/C19H32O.C6H15NO3.C2H4O5S/c1-3-4-5-6-7-8-9-10-11-12-14-18-15-13-16-19(20)17(18)2;8-4-1-7(2-5-9)3-6-10;3-8(4)6-2-1-5-7-8/h13,15-16,20H,3-12,14H2,1-2H3;8-10H,1-6H2;1-2H2. The molecule has 0 radical (unpaired) electrons. The van der Waals surface area contributed by atoms with Crippen LogP contribution in [0.2, 0.25) is 0 Å². The lowest BCUT2D eigenvalue weighted by Gasteiger charge is -2.17. The molecule has 1 aromatic rings. The van der Waals surface area contributed by atoms with Gasteiger partial charge in [0.1, 0.15) is 12.4 Å². The fourth-order valence-electron chi connectivity index (χ4n) is 3.79. The van der Waals surface area contributed by atoms with E-state index in [1.54, 1.807) is 11.0 Å². The van der Waals surface area contributed by atoms with E-state index in [2.05, 4.69) is 26.4 Å². The molecule has 0 atom stereocenters. The molecule has 0 bridgehead atoms. The van der Waals surface area contributed by atoms with E-state index in [9.17, 15) is 13.5 Å². The van der Waals surface area contributed by atoms with Crippen LogP contribution in [0.5, 0.6) is 5.75 Å². The summed E-state index contributed by atoms with van der Waals surface area (Å²) < 4.78 is 28.0. The Morgan fingerprint density at radius 2 is 1.34 bits per heavy atom. The minimum absolute atomic E-state index is 0.0301. The molecule has 0 aliphatic carbocycles. The maximum Gasteiger partial charge on any atom is 0.426 e. The van der Waals surface area contributed by atoms with E-state index in [4.69, 9.17) is 15.3 Å². The summed E-state index contributed by atoms with van der Waals surface area (Å²) in [5.74, 6) is 0.439. The Hall–Kier alpha value is -1.31. The number of phenolic OH excluding ortho intramolecular Hbond substituents is 1. The second-order valence-corrected chi connectivity index (χ2v) is 10.3. The Kier molecular flexibility index (Phi) is 23.9. The molecule has 4 N–H and O–H groups in total. The third-order valence-corrected chi connectivity index (χ3v) is 6.71. The topological polar surface area (TPSA) is 146 Å². The monoisotopic (exact) mass is 565 g/mol. The van der Waals surface area contributed by atoms with Crippen molar-refractivity contribution in [2.75, 3.05) is 52.7 Å². The summed E-state index contributed by atoms with van der Waals surface area (Å²) in [6, 6.07) is 5.87. The lowest BCUT2D eigenvalue weighted by Crippen LogP contribution is -2.32. The molecule has 38 heavy (non-hydrogen) atoms. The molecule has 0 spiro atoms. The van der Waals surface area contributed by atoms with Gasteiger partial charge in [-0.05, 0) is 37.0 Å².